The summed E-state index contributed by atoms with van der Waals surface area (Å²) in [6, 6.07) is 10.6. The van der Waals surface area contributed by atoms with Gasteiger partial charge in [0.15, 0.2) is 0 Å². The fourth-order valence-corrected chi connectivity index (χ4v) is 2.35. The Morgan fingerprint density at radius 3 is 2.45 bits per heavy atom. The van der Waals surface area contributed by atoms with Crippen LogP contribution in [0.3, 0.4) is 0 Å². The van der Waals surface area contributed by atoms with E-state index >= 15 is 0 Å². The summed E-state index contributed by atoms with van der Waals surface area (Å²) in [5.74, 6) is -0.660. The number of rotatable bonds is 4. The van der Waals surface area contributed by atoms with Gasteiger partial charge in [0, 0.05) is 29.5 Å². The molecule has 2 nitrogen and oxygen atoms in total. The Morgan fingerprint density at radius 1 is 1.15 bits per heavy atom. The highest BCUT2D eigenvalue weighted by Gasteiger charge is 2.18. The highest BCUT2D eigenvalue weighted by molar-refractivity contribution is 5.67. The van der Waals surface area contributed by atoms with E-state index in [2.05, 4.69) is 0 Å². The van der Waals surface area contributed by atoms with Crippen molar-refractivity contribution in [2.24, 2.45) is 5.73 Å². The van der Waals surface area contributed by atoms with Crippen molar-refractivity contribution in [1.29, 1.82) is 0 Å². The lowest BCUT2D eigenvalue weighted by atomic mass is 10.0. The van der Waals surface area contributed by atoms with Crippen molar-refractivity contribution in [3.05, 3.63) is 59.7 Å². The third-order valence-electron chi connectivity index (χ3n) is 3.21. The molecule has 0 aliphatic rings. The van der Waals surface area contributed by atoms with Crippen molar-refractivity contribution in [3.8, 4) is 0 Å². The van der Waals surface area contributed by atoms with Gasteiger partial charge in [-0.2, -0.15) is 0 Å². The Bertz CT molecular complexity index is 597. The Morgan fingerprint density at radius 2 is 1.85 bits per heavy atom. The number of hydrogen-bond acceptors (Lipinski definition) is 2. The molecule has 106 valence electrons. The van der Waals surface area contributed by atoms with Crippen LogP contribution < -0.4 is 10.6 Å². The molecule has 0 aromatic heterocycles. The Hall–Kier alpha value is -1.94. The highest BCUT2D eigenvalue weighted by atomic mass is 19.1. The van der Waals surface area contributed by atoms with Crippen LogP contribution in [0.2, 0.25) is 0 Å². The van der Waals surface area contributed by atoms with E-state index in [1.165, 1.54) is 18.2 Å². The predicted molar refractivity (Wildman–Crippen MR) is 78.1 cm³/mol. The average Bonchev–Trinajstić information content (AvgIpc) is 2.39. The molecular formula is C16H18F2N2. The van der Waals surface area contributed by atoms with Gasteiger partial charge in [-0.3, -0.25) is 0 Å². The van der Waals surface area contributed by atoms with Crippen molar-refractivity contribution < 1.29 is 8.78 Å². The largest absolute Gasteiger partial charge is 0.341 e. The zero-order valence-electron chi connectivity index (χ0n) is 11.6. The van der Waals surface area contributed by atoms with Gasteiger partial charge in [0.05, 0.1) is 0 Å². The van der Waals surface area contributed by atoms with Crippen molar-refractivity contribution in [2.75, 3.05) is 11.4 Å². The topological polar surface area (TPSA) is 29.3 Å². The number of hydrogen-bond donors (Lipinski definition) is 1. The van der Waals surface area contributed by atoms with Crippen LogP contribution >= 0.6 is 0 Å². The summed E-state index contributed by atoms with van der Waals surface area (Å²) >= 11 is 0. The van der Waals surface area contributed by atoms with E-state index in [0.29, 0.717) is 23.5 Å². The Labute approximate surface area is 117 Å². The molecule has 4 heteroatoms. The van der Waals surface area contributed by atoms with Gasteiger partial charge in [0.1, 0.15) is 11.6 Å². The smallest absolute Gasteiger partial charge is 0.130 e. The van der Waals surface area contributed by atoms with Gasteiger partial charge < -0.3 is 10.6 Å². The molecule has 0 spiro atoms. The van der Waals surface area contributed by atoms with Gasteiger partial charge in [-0.15, -0.1) is 0 Å². The van der Waals surface area contributed by atoms with E-state index in [0.717, 1.165) is 0 Å². The first-order valence-electron chi connectivity index (χ1n) is 6.61. The summed E-state index contributed by atoms with van der Waals surface area (Å²) < 4.78 is 27.4. The molecule has 0 fully saturated rings. The van der Waals surface area contributed by atoms with Crippen LogP contribution in [0.1, 0.15) is 25.5 Å². The van der Waals surface area contributed by atoms with Crippen molar-refractivity contribution in [1.82, 2.24) is 0 Å². The molecule has 1 atom stereocenters. The van der Waals surface area contributed by atoms with Gasteiger partial charge in [-0.1, -0.05) is 12.1 Å². The first-order chi connectivity index (χ1) is 9.54. The maximum atomic E-state index is 14.0. The molecule has 2 aromatic carbocycles. The molecular weight excluding hydrogens is 258 g/mol. The summed E-state index contributed by atoms with van der Waals surface area (Å²) in [4.78, 5) is 1.85. The van der Waals surface area contributed by atoms with Gasteiger partial charge >= 0.3 is 0 Å². The molecule has 0 saturated heterocycles. The van der Waals surface area contributed by atoms with Crippen molar-refractivity contribution >= 4 is 11.4 Å². The minimum absolute atomic E-state index is 0.320. The second-order valence-corrected chi connectivity index (χ2v) is 4.69. The zero-order chi connectivity index (χ0) is 14.7. The lowest BCUT2D eigenvalue weighted by Gasteiger charge is -2.27. The Kier molecular flexibility index (Phi) is 4.35. The van der Waals surface area contributed by atoms with Crippen LogP contribution in [0.4, 0.5) is 20.2 Å². The van der Waals surface area contributed by atoms with E-state index in [4.69, 9.17) is 5.73 Å². The molecule has 0 bridgehead atoms. The molecule has 20 heavy (non-hydrogen) atoms. The summed E-state index contributed by atoms with van der Waals surface area (Å²) in [5.41, 5.74) is 7.67. The van der Waals surface area contributed by atoms with E-state index < -0.39 is 6.04 Å². The standard InChI is InChI=1S/C16H18F2N2/c1-3-20(13-7-4-6-12(17)10-13)15-9-5-8-14(18)16(15)11(2)19/h4-11H,3,19H2,1-2H3/t11-/m1/s1. The summed E-state index contributed by atoms with van der Waals surface area (Å²) in [5, 5.41) is 0. The molecule has 2 aromatic rings. The monoisotopic (exact) mass is 276 g/mol. The van der Waals surface area contributed by atoms with Crippen LogP contribution in [0.5, 0.6) is 0 Å². The summed E-state index contributed by atoms with van der Waals surface area (Å²) in [6.45, 7) is 4.26. The first-order valence-corrected chi connectivity index (χ1v) is 6.61. The van der Waals surface area contributed by atoms with Gasteiger partial charge in [0.2, 0.25) is 0 Å². The molecule has 0 saturated carbocycles. The lowest BCUT2D eigenvalue weighted by Crippen LogP contribution is -2.21. The van der Waals surface area contributed by atoms with Crippen molar-refractivity contribution in [2.45, 2.75) is 19.9 Å². The maximum absolute atomic E-state index is 14.0. The second kappa shape index (κ2) is 6.01. The number of anilines is 2. The van der Waals surface area contributed by atoms with Crippen molar-refractivity contribution in [3.63, 3.8) is 0 Å². The highest BCUT2D eigenvalue weighted by Crippen LogP contribution is 2.33. The van der Waals surface area contributed by atoms with Gasteiger partial charge in [-0.25, -0.2) is 8.78 Å². The molecule has 0 aliphatic heterocycles. The SMILES string of the molecule is CCN(c1cccc(F)c1)c1cccc(F)c1[C@@H](C)N. The van der Waals surface area contributed by atoms with E-state index in [1.807, 2.05) is 11.8 Å². The number of benzene rings is 2. The minimum Gasteiger partial charge on any atom is -0.341 e. The summed E-state index contributed by atoms with van der Waals surface area (Å²) in [6.07, 6.45) is 0. The fourth-order valence-electron chi connectivity index (χ4n) is 2.35. The number of nitrogens with two attached hydrogens (primary N) is 1. The Balaban J connectivity index is 2.55. The molecule has 0 radical (unpaired) electrons. The van der Waals surface area contributed by atoms with Crippen LogP contribution in [-0.2, 0) is 0 Å². The van der Waals surface area contributed by atoms with Gasteiger partial charge in [-0.05, 0) is 44.2 Å². The predicted octanol–water partition coefficient (Wildman–Crippen LogP) is 4.14. The molecule has 0 aliphatic carbocycles. The molecule has 2 N–H and O–H groups in total. The average molecular weight is 276 g/mol. The maximum Gasteiger partial charge on any atom is 0.130 e. The number of nitrogens with zero attached hydrogens (tertiary/aromatic N) is 1. The third kappa shape index (κ3) is 2.80. The second-order valence-electron chi connectivity index (χ2n) is 4.69. The van der Waals surface area contributed by atoms with Crippen LogP contribution in [0, 0.1) is 11.6 Å². The molecule has 0 amide bonds. The number of halogens is 2. The summed E-state index contributed by atoms with van der Waals surface area (Å²) in [7, 11) is 0. The van der Waals surface area contributed by atoms with Gasteiger partial charge in [0.25, 0.3) is 0 Å². The quantitative estimate of drug-likeness (QED) is 0.909. The van der Waals surface area contributed by atoms with E-state index in [1.54, 1.807) is 31.2 Å². The van der Waals surface area contributed by atoms with Crippen LogP contribution in [-0.4, -0.2) is 6.54 Å². The fraction of sp³-hybridized carbons (Fsp3) is 0.250. The van der Waals surface area contributed by atoms with Crippen LogP contribution in [0.25, 0.3) is 0 Å². The molecule has 0 heterocycles. The van der Waals surface area contributed by atoms with E-state index in [-0.39, 0.29) is 11.6 Å². The van der Waals surface area contributed by atoms with Crippen LogP contribution in [0.15, 0.2) is 42.5 Å². The zero-order valence-corrected chi connectivity index (χ0v) is 11.6. The third-order valence-corrected chi connectivity index (χ3v) is 3.21. The molecule has 2 rings (SSSR count). The normalized spacial score (nSPS) is 12.2. The first kappa shape index (κ1) is 14.5. The lowest BCUT2D eigenvalue weighted by molar-refractivity contribution is 0.593. The van der Waals surface area contributed by atoms with E-state index in [9.17, 15) is 8.78 Å². The molecule has 0 unspecified atom stereocenters. The minimum atomic E-state index is -0.436.